The Morgan fingerprint density at radius 1 is 1.10 bits per heavy atom. The van der Waals surface area contributed by atoms with Crippen LogP contribution in [0, 0.1) is 13.8 Å². The predicted octanol–water partition coefficient (Wildman–Crippen LogP) is 3.89. The first-order chi connectivity index (χ1) is 14.3. The molecule has 1 N–H and O–H groups in total. The lowest BCUT2D eigenvalue weighted by Gasteiger charge is -2.28. The lowest BCUT2D eigenvalue weighted by atomic mass is 10.0. The van der Waals surface area contributed by atoms with Crippen LogP contribution in [0.1, 0.15) is 16.7 Å². The quantitative estimate of drug-likeness (QED) is 0.373. The molecule has 0 aliphatic carbocycles. The van der Waals surface area contributed by atoms with Gasteiger partial charge in [0.25, 0.3) is 11.8 Å². The van der Waals surface area contributed by atoms with Crippen molar-refractivity contribution in [1.82, 2.24) is 5.32 Å². The van der Waals surface area contributed by atoms with Crippen LogP contribution in [0.4, 0.5) is 5.69 Å². The number of benzene rings is 2. The molecule has 8 heteroatoms. The number of hydrogen-bond acceptors (Lipinski definition) is 5. The largest absolute Gasteiger partial charge is 0.463 e. The van der Waals surface area contributed by atoms with Gasteiger partial charge in [-0.15, -0.1) is 0 Å². The summed E-state index contributed by atoms with van der Waals surface area (Å²) in [5.74, 6) is -1.33. The Morgan fingerprint density at radius 2 is 1.80 bits per heavy atom. The van der Waals surface area contributed by atoms with E-state index in [2.05, 4.69) is 5.32 Å². The van der Waals surface area contributed by atoms with Crippen molar-refractivity contribution in [2.45, 2.75) is 13.8 Å². The highest BCUT2D eigenvalue weighted by Crippen LogP contribution is 2.24. The van der Waals surface area contributed by atoms with Crippen LogP contribution in [-0.4, -0.2) is 16.9 Å². The number of nitrogens with zero attached hydrogens (tertiary/aromatic N) is 1. The number of aryl methyl sites for hydroxylation is 2. The van der Waals surface area contributed by atoms with Crippen molar-refractivity contribution in [1.29, 1.82) is 0 Å². The molecule has 0 atom stereocenters. The van der Waals surface area contributed by atoms with Crippen molar-refractivity contribution in [2.24, 2.45) is 0 Å². The summed E-state index contributed by atoms with van der Waals surface area (Å²) in [7, 11) is 0. The monoisotopic (exact) mass is 438 g/mol. The molecule has 2 aromatic carbocycles. The lowest BCUT2D eigenvalue weighted by Crippen LogP contribution is -2.54. The molecule has 0 spiro atoms. The van der Waals surface area contributed by atoms with Crippen molar-refractivity contribution in [3.05, 3.63) is 80.2 Å². The summed E-state index contributed by atoms with van der Waals surface area (Å²) >= 11 is 11.1. The van der Waals surface area contributed by atoms with E-state index in [1.165, 1.54) is 17.2 Å². The third-order valence-corrected chi connectivity index (χ3v) is 5.25. The Balaban J connectivity index is 1.82. The van der Waals surface area contributed by atoms with E-state index in [0.717, 1.165) is 11.1 Å². The van der Waals surface area contributed by atoms with Gasteiger partial charge in [0.15, 0.2) is 10.5 Å². The normalized spacial score (nSPS) is 15.8. The number of carbonyl (C=O) groups is 2. The summed E-state index contributed by atoms with van der Waals surface area (Å²) in [5.41, 5.74) is 2.18. The maximum absolute atomic E-state index is 13.1. The number of halogens is 1. The maximum Gasteiger partial charge on any atom is 0.270 e. The molecule has 1 aromatic heterocycles. The molecule has 2 heterocycles. The molecule has 0 saturated carbocycles. The minimum atomic E-state index is -0.685. The van der Waals surface area contributed by atoms with Crippen LogP contribution in [-0.2, 0) is 9.59 Å². The van der Waals surface area contributed by atoms with Crippen LogP contribution >= 0.6 is 23.8 Å². The summed E-state index contributed by atoms with van der Waals surface area (Å²) < 4.78 is 5.63. The maximum atomic E-state index is 13.1. The number of thiocarbonyl (C=S) groups is 1. The fraction of sp³-hybridized carbons (Fsp3) is 0.0909. The molecule has 6 nitrogen and oxygen atoms in total. The summed E-state index contributed by atoms with van der Waals surface area (Å²) in [6.07, 6.45) is 2.48. The van der Waals surface area contributed by atoms with Crippen molar-refractivity contribution in [3.63, 3.8) is 0 Å². The average Bonchev–Trinajstić information content (AvgIpc) is 2.68. The van der Waals surface area contributed by atoms with Gasteiger partial charge in [-0.3, -0.25) is 24.6 Å². The average molecular weight is 439 g/mol. The van der Waals surface area contributed by atoms with Gasteiger partial charge in [0.1, 0.15) is 17.4 Å². The molecular weight excluding hydrogens is 424 g/mol. The van der Waals surface area contributed by atoms with E-state index in [1.54, 1.807) is 30.3 Å². The number of carbonyl (C=O) groups excluding carboxylic acids is 2. The van der Waals surface area contributed by atoms with Gasteiger partial charge in [-0.25, -0.2) is 0 Å². The van der Waals surface area contributed by atoms with E-state index in [4.69, 9.17) is 28.2 Å². The zero-order valence-electron chi connectivity index (χ0n) is 16.0. The predicted molar refractivity (Wildman–Crippen MR) is 120 cm³/mol. The molecule has 1 aliphatic rings. The van der Waals surface area contributed by atoms with Crippen LogP contribution in [0.25, 0.3) is 17.0 Å². The standard InChI is InChI=1S/C22H15ClN2O4S/c1-11-7-12(2)19-16(8-11)18(26)13(10-29-19)9-17-20(27)24-22(30)25(21(17)28)15-5-3-14(23)4-6-15/h3-10H,1-2H3,(H,24,27,30)/b17-9-. The van der Waals surface area contributed by atoms with Gasteiger partial charge in [-0.1, -0.05) is 17.7 Å². The molecule has 1 fully saturated rings. The van der Waals surface area contributed by atoms with Crippen molar-refractivity contribution in [3.8, 4) is 0 Å². The van der Waals surface area contributed by atoms with E-state index in [0.29, 0.717) is 21.7 Å². The zero-order chi connectivity index (χ0) is 21.6. The first kappa shape index (κ1) is 20.0. The summed E-state index contributed by atoms with van der Waals surface area (Å²) in [4.78, 5) is 39.7. The highest BCUT2D eigenvalue weighted by atomic mass is 35.5. The van der Waals surface area contributed by atoms with Crippen LogP contribution in [0.5, 0.6) is 0 Å². The van der Waals surface area contributed by atoms with Crippen LogP contribution in [0.2, 0.25) is 5.02 Å². The molecule has 2 amide bonds. The van der Waals surface area contributed by atoms with Gasteiger partial charge >= 0.3 is 0 Å². The van der Waals surface area contributed by atoms with E-state index >= 15 is 0 Å². The van der Waals surface area contributed by atoms with Crippen LogP contribution in [0.15, 0.2) is 57.4 Å². The summed E-state index contributed by atoms with van der Waals surface area (Å²) in [5, 5.41) is 3.31. The van der Waals surface area contributed by atoms with E-state index in [1.807, 2.05) is 19.9 Å². The van der Waals surface area contributed by atoms with E-state index in [9.17, 15) is 14.4 Å². The van der Waals surface area contributed by atoms with Crippen molar-refractivity contribution in [2.75, 3.05) is 4.90 Å². The van der Waals surface area contributed by atoms with E-state index in [-0.39, 0.29) is 21.7 Å². The van der Waals surface area contributed by atoms with Gasteiger partial charge < -0.3 is 4.42 Å². The Labute approximate surface area is 181 Å². The number of amides is 2. The second-order valence-electron chi connectivity index (χ2n) is 6.91. The zero-order valence-corrected chi connectivity index (χ0v) is 17.6. The Morgan fingerprint density at radius 3 is 2.50 bits per heavy atom. The Hall–Kier alpha value is -3.29. The number of hydrogen-bond donors (Lipinski definition) is 1. The van der Waals surface area contributed by atoms with Gasteiger partial charge in [-0.2, -0.15) is 0 Å². The summed E-state index contributed by atoms with van der Waals surface area (Å²) in [6, 6.07) is 10.1. The van der Waals surface area contributed by atoms with Gasteiger partial charge in [-0.05, 0) is 73.6 Å². The lowest BCUT2D eigenvalue weighted by molar-refractivity contribution is -0.122. The number of anilines is 1. The third-order valence-electron chi connectivity index (χ3n) is 4.72. The third kappa shape index (κ3) is 3.42. The fourth-order valence-corrected chi connectivity index (χ4v) is 3.76. The van der Waals surface area contributed by atoms with Gasteiger partial charge in [0.2, 0.25) is 0 Å². The minimum Gasteiger partial charge on any atom is -0.463 e. The molecule has 1 aliphatic heterocycles. The Bertz CT molecular complexity index is 1330. The minimum absolute atomic E-state index is 0.0544. The number of rotatable bonds is 2. The fourth-order valence-electron chi connectivity index (χ4n) is 3.35. The van der Waals surface area contributed by atoms with E-state index < -0.39 is 11.8 Å². The smallest absolute Gasteiger partial charge is 0.270 e. The summed E-state index contributed by atoms with van der Waals surface area (Å²) in [6.45, 7) is 3.72. The van der Waals surface area contributed by atoms with Gasteiger partial charge in [0.05, 0.1) is 16.6 Å². The highest BCUT2D eigenvalue weighted by molar-refractivity contribution is 7.80. The molecule has 4 rings (SSSR count). The molecule has 150 valence electrons. The second-order valence-corrected chi connectivity index (χ2v) is 7.74. The second kappa shape index (κ2) is 7.51. The molecule has 30 heavy (non-hydrogen) atoms. The molecule has 3 aromatic rings. The SMILES string of the molecule is Cc1cc(C)c2occ(/C=C3/C(=O)NC(=S)N(c4ccc(Cl)cc4)C3=O)c(=O)c2c1. The van der Waals surface area contributed by atoms with Gasteiger partial charge in [0, 0.05) is 5.02 Å². The van der Waals surface area contributed by atoms with Crippen LogP contribution < -0.4 is 15.6 Å². The first-order valence-corrected chi connectivity index (χ1v) is 9.74. The molecule has 0 radical (unpaired) electrons. The Kier molecular flexibility index (Phi) is 5.01. The molecular formula is C22H15ClN2O4S. The number of nitrogens with one attached hydrogen (secondary N) is 1. The highest BCUT2D eigenvalue weighted by Gasteiger charge is 2.34. The topological polar surface area (TPSA) is 79.6 Å². The van der Waals surface area contributed by atoms with Crippen molar-refractivity contribution >= 4 is 63.5 Å². The molecule has 0 unspecified atom stereocenters. The van der Waals surface area contributed by atoms with Crippen molar-refractivity contribution < 1.29 is 14.0 Å². The van der Waals surface area contributed by atoms with Crippen LogP contribution in [0.3, 0.4) is 0 Å². The number of fused-ring (bicyclic) bond motifs is 1. The molecule has 0 bridgehead atoms. The molecule has 1 saturated heterocycles. The first-order valence-electron chi connectivity index (χ1n) is 8.96.